The van der Waals surface area contributed by atoms with Gasteiger partial charge in [-0.15, -0.1) is 15.3 Å². The number of halogens is 3. The number of alkyl halides is 3. The van der Waals surface area contributed by atoms with E-state index in [0.717, 1.165) is 29.6 Å². The molecule has 2 aromatic heterocycles. The Morgan fingerprint density at radius 2 is 1.90 bits per heavy atom. The van der Waals surface area contributed by atoms with Crippen LogP contribution in [0.1, 0.15) is 35.7 Å². The number of piperidine rings is 1. The first-order chi connectivity index (χ1) is 14.4. The molecular formula is C20H18F3N7. The van der Waals surface area contributed by atoms with Crippen LogP contribution < -0.4 is 10.2 Å². The van der Waals surface area contributed by atoms with E-state index in [1.165, 1.54) is 11.6 Å². The van der Waals surface area contributed by atoms with Crippen LogP contribution >= 0.6 is 0 Å². The number of hydrogen-bond acceptors (Lipinski definition) is 6. The standard InChI is InChI=1S/C20H18F3N7/c21-20(22,23)19-27-26-17-3-4-18(28-30(17)19)29-7-5-13(6-8-29)15-11-25-16-2-1-12(10-24)9-14(15)16/h1-4,9,13,15,25H,5-8,11H2. The summed E-state index contributed by atoms with van der Waals surface area (Å²) < 4.78 is 40.1. The highest BCUT2D eigenvalue weighted by atomic mass is 19.4. The topological polar surface area (TPSA) is 82.1 Å². The molecule has 1 aromatic carbocycles. The van der Waals surface area contributed by atoms with E-state index in [0.29, 0.717) is 36.3 Å². The lowest BCUT2D eigenvalue weighted by Crippen LogP contribution is -2.36. The van der Waals surface area contributed by atoms with Crippen molar-refractivity contribution in [2.75, 3.05) is 29.9 Å². The van der Waals surface area contributed by atoms with Gasteiger partial charge in [-0.2, -0.15) is 22.9 Å². The van der Waals surface area contributed by atoms with E-state index >= 15 is 0 Å². The molecule has 0 radical (unpaired) electrons. The number of rotatable bonds is 2. The molecule has 1 N–H and O–H groups in total. The van der Waals surface area contributed by atoms with Crippen molar-refractivity contribution in [3.05, 3.63) is 47.3 Å². The molecule has 10 heteroatoms. The fourth-order valence-electron chi connectivity index (χ4n) is 4.51. The Balaban J connectivity index is 1.33. The van der Waals surface area contributed by atoms with Gasteiger partial charge in [-0.1, -0.05) is 0 Å². The molecule has 154 valence electrons. The summed E-state index contributed by atoms with van der Waals surface area (Å²) >= 11 is 0. The van der Waals surface area contributed by atoms with E-state index in [9.17, 15) is 18.4 Å². The first-order valence-electron chi connectivity index (χ1n) is 9.76. The summed E-state index contributed by atoms with van der Waals surface area (Å²) in [7, 11) is 0. The van der Waals surface area contributed by atoms with Crippen molar-refractivity contribution >= 4 is 17.2 Å². The normalized spacial score (nSPS) is 19.5. The van der Waals surface area contributed by atoms with Crippen LogP contribution in [0.3, 0.4) is 0 Å². The molecule has 0 saturated carbocycles. The SMILES string of the molecule is N#Cc1ccc2c(c1)C(C1CCN(c3ccc4nnc(C(F)(F)F)n4n3)CC1)CN2. The second-order valence-corrected chi connectivity index (χ2v) is 7.71. The molecule has 1 unspecified atom stereocenters. The van der Waals surface area contributed by atoms with E-state index in [1.54, 1.807) is 6.07 Å². The lowest BCUT2D eigenvalue weighted by Gasteiger charge is -2.35. The molecular weight excluding hydrogens is 395 g/mol. The molecule has 30 heavy (non-hydrogen) atoms. The fourth-order valence-corrected chi connectivity index (χ4v) is 4.51. The van der Waals surface area contributed by atoms with Crippen LogP contribution in [-0.4, -0.2) is 39.4 Å². The van der Waals surface area contributed by atoms with Crippen LogP contribution in [0.25, 0.3) is 5.65 Å². The van der Waals surface area contributed by atoms with Crippen LogP contribution in [0, 0.1) is 17.2 Å². The number of fused-ring (bicyclic) bond motifs is 2. The van der Waals surface area contributed by atoms with Gasteiger partial charge in [0.15, 0.2) is 5.65 Å². The molecule has 2 aliphatic rings. The maximum atomic E-state index is 13.1. The zero-order chi connectivity index (χ0) is 20.9. The molecule has 0 bridgehead atoms. The minimum atomic E-state index is -4.61. The summed E-state index contributed by atoms with van der Waals surface area (Å²) in [6.07, 6.45) is -2.81. The Hall–Kier alpha value is -3.35. The number of nitriles is 1. The van der Waals surface area contributed by atoms with Gasteiger partial charge >= 0.3 is 6.18 Å². The smallest absolute Gasteiger partial charge is 0.384 e. The Bertz CT molecular complexity index is 1140. The van der Waals surface area contributed by atoms with Crippen LogP contribution in [0.2, 0.25) is 0 Å². The van der Waals surface area contributed by atoms with Gasteiger partial charge in [0.2, 0.25) is 0 Å². The van der Waals surface area contributed by atoms with E-state index < -0.39 is 12.0 Å². The molecule has 1 atom stereocenters. The van der Waals surface area contributed by atoms with Gasteiger partial charge in [0.05, 0.1) is 11.6 Å². The van der Waals surface area contributed by atoms with Crippen LogP contribution in [0.15, 0.2) is 30.3 Å². The van der Waals surface area contributed by atoms with Gasteiger partial charge < -0.3 is 10.2 Å². The zero-order valence-electron chi connectivity index (χ0n) is 15.9. The molecule has 2 aliphatic heterocycles. The molecule has 0 amide bonds. The lowest BCUT2D eigenvalue weighted by atomic mass is 9.81. The van der Waals surface area contributed by atoms with E-state index in [1.807, 2.05) is 23.1 Å². The number of benzene rings is 1. The maximum absolute atomic E-state index is 13.1. The Labute approximate surface area is 170 Å². The van der Waals surface area contributed by atoms with Gasteiger partial charge in [-0.25, -0.2) is 0 Å². The fraction of sp³-hybridized carbons (Fsp3) is 0.400. The van der Waals surface area contributed by atoms with Crippen molar-refractivity contribution in [2.24, 2.45) is 5.92 Å². The van der Waals surface area contributed by atoms with Crippen LogP contribution in [0.4, 0.5) is 24.7 Å². The van der Waals surface area contributed by atoms with Crippen molar-refractivity contribution in [1.82, 2.24) is 19.8 Å². The van der Waals surface area contributed by atoms with Crippen LogP contribution in [0.5, 0.6) is 0 Å². The van der Waals surface area contributed by atoms with Crippen molar-refractivity contribution in [3.8, 4) is 6.07 Å². The zero-order valence-corrected chi connectivity index (χ0v) is 15.9. The highest BCUT2D eigenvalue weighted by Crippen LogP contribution is 2.41. The molecule has 3 aromatic rings. The second kappa shape index (κ2) is 6.86. The summed E-state index contributed by atoms with van der Waals surface area (Å²) in [6, 6.07) is 11.1. The van der Waals surface area contributed by atoms with Crippen molar-refractivity contribution in [2.45, 2.75) is 24.9 Å². The average molecular weight is 413 g/mol. The third kappa shape index (κ3) is 3.10. The number of aromatic nitrogens is 4. The minimum absolute atomic E-state index is 0.0721. The third-order valence-corrected chi connectivity index (χ3v) is 6.03. The summed E-state index contributed by atoms with van der Waals surface area (Å²) in [5.74, 6) is 0.146. The van der Waals surface area contributed by atoms with Gasteiger partial charge in [0.1, 0.15) is 5.82 Å². The van der Waals surface area contributed by atoms with E-state index in [2.05, 4.69) is 26.7 Å². The molecule has 5 rings (SSSR count). The molecule has 0 aliphatic carbocycles. The van der Waals surface area contributed by atoms with Gasteiger partial charge in [-0.3, -0.25) is 0 Å². The largest absolute Gasteiger partial charge is 0.453 e. The highest BCUT2D eigenvalue weighted by molar-refractivity contribution is 5.60. The van der Waals surface area contributed by atoms with Gasteiger partial charge in [0, 0.05) is 31.2 Å². The average Bonchev–Trinajstić information content (AvgIpc) is 3.37. The molecule has 0 spiro atoms. The van der Waals surface area contributed by atoms with E-state index in [-0.39, 0.29) is 5.65 Å². The number of anilines is 2. The maximum Gasteiger partial charge on any atom is 0.453 e. The number of nitrogens with one attached hydrogen (secondary N) is 1. The predicted octanol–water partition coefficient (Wildman–Crippen LogP) is 3.44. The molecule has 7 nitrogen and oxygen atoms in total. The van der Waals surface area contributed by atoms with Gasteiger partial charge in [0.25, 0.3) is 5.82 Å². The summed E-state index contributed by atoms with van der Waals surface area (Å²) in [4.78, 5) is 2.01. The summed E-state index contributed by atoms with van der Waals surface area (Å²) in [6.45, 7) is 2.25. The monoisotopic (exact) mass is 413 g/mol. The van der Waals surface area contributed by atoms with E-state index in [4.69, 9.17) is 0 Å². The van der Waals surface area contributed by atoms with Crippen molar-refractivity contribution in [1.29, 1.82) is 5.26 Å². The third-order valence-electron chi connectivity index (χ3n) is 6.03. The second-order valence-electron chi connectivity index (χ2n) is 7.71. The Kier molecular flexibility index (Phi) is 4.27. The molecule has 1 fully saturated rings. The van der Waals surface area contributed by atoms with Crippen molar-refractivity contribution < 1.29 is 13.2 Å². The number of hydrogen-bond donors (Lipinski definition) is 1. The Morgan fingerprint density at radius 3 is 2.63 bits per heavy atom. The summed E-state index contributed by atoms with van der Waals surface area (Å²) in [5.41, 5.74) is 3.00. The van der Waals surface area contributed by atoms with Gasteiger partial charge in [-0.05, 0) is 54.7 Å². The highest BCUT2D eigenvalue weighted by Gasteiger charge is 2.38. The predicted molar refractivity (Wildman–Crippen MR) is 103 cm³/mol. The lowest BCUT2D eigenvalue weighted by molar-refractivity contribution is -0.146. The number of nitrogens with zero attached hydrogens (tertiary/aromatic N) is 6. The minimum Gasteiger partial charge on any atom is -0.384 e. The molecule has 4 heterocycles. The quantitative estimate of drug-likeness (QED) is 0.693. The van der Waals surface area contributed by atoms with Crippen LogP contribution in [-0.2, 0) is 6.18 Å². The molecule has 1 saturated heterocycles. The Morgan fingerprint density at radius 1 is 1.10 bits per heavy atom. The first kappa shape index (κ1) is 18.7. The first-order valence-corrected chi connectivity index (χ1v) is 9.76. The summed E-state index contributed by atoms with van der Waals surface area (Å²) in [5, 5.41) is 23.5. The van der Waals surface area contributed by atoms with Crippen molar-refractivity contribution in [3.63, 3.8) is 0 Å².